The molecule has 0 fully saturated rings. The van der Waals surface area contributed by atoms with Crippen LogP contribution in [0.5, 0.6) is 5.75 Å². The standard InChI is InChI=1S/C36H40FN7O3S2/c1-6-7-10-20-44(31-22-24(2)33(42-41-31)40-35-38-27-14-8-9-15-29(27)48-35)36-39-32(34(45)46-5)30(49-36)16-12-21-47-28-18-17-25(23-26(28)37)13-11-19-43(3)4/h8-9,14-15,17-18,22-23H,6-7,10,12,16,19-21H2,1-5H3,(H,38,40,42). The van der Waals surface area contributed by atoms with E-state index < -0.39 is 11.8 Å². The smallest absolute Gasteiger partial charge is 0.357 e. The first-order chi connectivity index (χ1) is 23.7. The van der Waals surface area contributed by atoms with Crippen LogP contribution >= 0.6 is 22.7 Å². The van der Waals surface area contributed by atoms with Crippen LogP contribution in [0.1, 0.15) is 59.1 Å². The van der Waals surface area contributed by atoms with E-state index in [-0.39, 0.29) is 18.1 Å². The zero-order chi connectivity index (χ0) is 34.8. The first-order valence-electron chi connectivity index (χ1n) is 16.1. The van der Waals surface area contributed by atoms with Crippen molar-refractivity contribution < 1.29 is 18.7 Å². The fraction of sp³-hybridized carbons (Fsp3) is 0.361. The van der Waals surface area contributed by atoms with Gasteiger partial charge in [0.25, 0.3) is 0 Å². The summed E-state index contributed by atoms with van der Waals surface area (Å²) < 4.78 is 26.6. The third kappa shape index (κ3) is 9.50. The van der Waals surface area contributed by atoms with Crippen molar-refractivity contribution in [1.29, 1.82) is 0 Å². The maximum Gasteiger partial charge on any atom is 0.357 e. The molecule has 0 unspecified atom stereocenters. The minimum atomic E-state index is -0.512. The van der Waals surface area contributed by atoms with E-state index in [1.54, 1.807) is 23.5 Å². The minimum absolute atomic E-state index is 0.161. The minimum Gasteiger partial charge on any atom is -0.491 e. The number of ether oxygens (including phenoxy) is 2. The number of esters is 1. The highest BCUT2D eigenvalue weighted by atomic mass is 32.1. The molecule has 0 spiro atoms. The lowest BCUT2D eigenvalue weighted by molar-refractivity contribution is 0.0593. The fourth-order valence-electron chi connectivity index (χ4n) is 4.87. The summed E-state index contributed by atoms with van der Waals surface area (Å²) >= 11 is 2.97. The Balaban J connectivity index is 1.30. The molecule has 2 aromatic carbocycles. The number of carbonyl (C=O) groups excluding carboxylic acids is 1. The van der Waals surface area contributed by atoms with Gasteiger partial charge in [-0.1, -0.05) is 55.1 Å². The van der Waals surface area contributed by atoms with Gasteiger partial charge in [-0.3, -0.25) is 4.90 Å². The molecule has 3 heterocycles. The number of hydrogen-bond donors (Lipinski definition) is 1. The van der Waals surface area contributed by atoms with Gasteiger partial charge >= 0.3 is 5.97 Å². The molecule has 3 aromatic heterocycles. The van der Waals surface area contributed by atoms with E-state index in [0.717, 1.165) is 45.1 Å². The number of aromatic nitrogens is 4. The normalized spacial score (nSPS) is 11.0. The van der Waals surface area contributed by atoms with Crippen LogP contribution < -0.4 is 15.0 Å². The van der Waals surface area contributed by atoms with Crippen LogP contribution in [0.2, 0.25) is 0 Å². The number of hydrogen-bond acceptors (Lipinski definition) is 12. The lowest BCUT2D eigenvalue weighted by atomic mass is 10.2. The average Bonchev–Trinajstić information content (AvgIpc) is 3.70. The van der Waals surface area contributed by atoms with Crippen molar-refractivity contribution in [2.24, 2.45) is 0 Å². The second-order valence-electron chi connectivity index (χ2n) is 11.6. The molecule has 1 N–H and O–H groups in total. The summed E-state index contributed by atoms with van der Waals surface area (Å²) in [7, 11) is 5.20. The number of benzene rings is 2. The predicted molar refractivity (Wildman–Crippen MR) is 195 cm³/mol. The fourth-order valence-corrected chi connectivity index (χ4v) is 6.86. The Kier molecular flexibility index (Phi) is 12.5. The summed E-state index contributed by atoms with van der Waals surface area (Å²) in [5.41, 5.74) is 2.67. The molecule has 0 atom stereocenters. The average molecular weight is 702 g/mol. The Bertz CT molecular complexity index is 1920. The molecule has 0 saturated carbocycles. The summed E-state index contributed by atoms with van der Waals surface area (Å²) in [6, 6.07) is 14.7. The predicted octanol–water partition coefficient (Wildman–Crippen LogP) is 7.77. The number of fused-ring (bicyclic) bond motifs is 1. The highest BCUT2D eigenvalue weighted by Crippen LogP contribution is 2.34. The van der Waals surface area contributed by atoms with Crippen LogP contribution in [-0.4, -0.2) is 71.9 Å². The van der Waals surface area contributed by atoms with Crippen LogP contribution in [0.4, 0.5) is 26.3 Å². The number of anilines is 4. The first kappa shape index (κ1) is 35.7. The maximum absolute atomic E-state index is 14.7. The molecule has 0 radical (unpaired) electrons. The van der Waals surface area contributed by atoms with Gasteiger partial charge in [0.15, 0.2) is 39.2 Å². The second-order valence-corrected chi connectivity index (χ2v) is 13.7. The Hall–Kier alpha value is -4.64. The van der Waals surface area contributed by atoms with Crippen LogP contribution in [0.25, 0.3) is 10.2 Å². The van der Waals surface area contributed by atoms with Gasteiger partial charge < -0.3 is 19.7 Å². The third-order valence-electron chi connectivity index (χ3n) is 7.41. The van der Waals surface area contributed by atoms with E-state index in [9.17, 15) is 9.18 Å². The molecule has 0 amide bonds. The number of para-hydroxylation sites is 1. The van der Waals surface area contributed by atoms with Crippen molar-refractivity contribution in [3.63, 3.8) is 0 Å². The van der Waals surface area contributed by atoms with Crippen LogP contribution in [0.15, 0.2) is 48.5 Å². The lowest BCUT2D eigenvalue weighted by Gasteiger charge is -2.21. The number of methoxy groups -OCH3 is 1. The van der Waals surface area contributed by atoms with E-state index in [1.807, 2.05) is 61.2 Å². The van der Waals surface area contributed by atoms with Crippen molar-refractivity contribution in [1.82, 2.24) is 25.1 Å². The van der Waals surface area contributed by atoms with Gasteiger partial charge in [-0.15, -0.1) is 21.5 Å². The number of rotatable bonds is 15. The number of unbranched alkanes of at least 4 members (excludes halogenated alkanes) is 2. The lowest BCUT2D eigenvalue weighted by Crippen LogP contribution is -2.20. The van der Waals surface area contributed by atoms with Crippen LogP contribution in [-0.2, 0) is 11.2 Å². The SMILES string of the molecule is CCCCCN(c1cc(C)c(Nc2nc3ccccc3s2)nn1)c1nc(C(=O)OC)c(CCCOc2ccc(C#CCN(C)C)cc2F)s1. The van der Waals surface area contributed by atoms with Gasteiger partial charge in [-0.05, 0) is 82.2 Å². The second kappa shape index (κ2) is 17.1. The van der Waals surface area contributed by atoms with Crippen molar-refractivity contribution in [2.45, 2.75) is 46.0 Å². The monoisotopic (exact) mass is 701 g/mol. The summed E-state index contributed by atoms with van der Waals surface area (Å²) in [4.78, 5) is 26.9. The zero-order valence-corrected chi connectivity index (χ0v) is 30.0. The summed E-state index contributed by atoms with van der Waals surface area (Å²) in [5, 5.41) is 13.8. The molecule has 0 bridgehead atoms. The van der Waals surface area contributed by atoms with Gasteiger partial charge in [0.05, 0.1) is 30.5 Å². The molecule has 0 aliphatic carbocycles. The quantitative estimate of drug-likeness (QED) is 0.0661. The van der Waals surface area contributed by atoms with Gasteiger partial charge in [0.2, 0.25) is 0 Å². The van der Waals surface area contributed by atoms with E-state index in [4.69, 9.17) is 14.5 Å². The van der Waals surface area contributed by atoms with E-state index >= 15 is 0 Å². The highest BCUT2D eigenvalue weighted by molar-refractivity contribution is 7.22. The number of nitrogens with zero attached hydrogens (tertiary/aromatic N) is 6. The van der Waals surface area contributed by atoms with E-state index in [1.165, 1.54) is 24.5 Å². The zero-order valence-electron chi connectivity index (χ0n) is 28.4. The van der Waals surface area contributed by atoms with Crippen molar-refractivity contribution in [3.8, 4) is 17.6 Å². The highest BCUT2D eigenvalue weighted by Gasteiger charge is 2.24. The van der Waals surface area contributed by atoms with Gasteiger partial charge in [0.1, 0.15) is 0 Å². The topological polar surface area (TPSA) is 106 Å². The Morgan fingerprint density at radius 2 is 1.88 bits per heavy atom. The summed E-state index contributed by atoms with van der Waals surface area (Å²) in [5.74, 6) is 6.40. The number of carbonyl (C=O) groups is 1. The first-order valence-corrected chi connectivity index (χ1v) is 17.8. The molecular formula is C36H40FN7O3S2. The molecule has 256 valence electrons. The van der Waals surface area contributed by atoms with E-state index in [0.29, 0.717) is 48.3 Å². The van der Waals surface area contributed by atoms with Crippen LogP contribution in [0.3, 0.4) is 0 Å². The van der Waals surface area contributed by atoms with E-state index in [2.05, 4.69) is 39.3 Å². The molecule has 0 aliphatic rings. The third-order valence-corrected chi connectivity index (χ3v) is 9.50. The molecule has 0 saturated heterocycles. The summed E-state index contributed by atoms with van der Waals surface area (Å²) in [6.07, 6.45) is 4.02. The van der Waals surface area contributed by atoms with Gasteiger partial charge in [-0.2, -0.15) is 0 Å². The molecule has 10 nitrogen and oxygen atoms in total. The number of aryl methyl sites for hydroxylation is 2. The largest absolute Gasteiger partial charge is 0.491 e. The van der Waals surface area contributed by atoms with Crippen molar-refractivity contribution >= 4 is 60.8 Å². The number of thiazole rings is 2. The molecular weight excluding hydrogens is 662 g/mol. The Labute approximate surface area is 294 Å². The summed E-state index contributed by atoms with van der Waals surface area (Å²) in [6.45, 7) is 5.62. The number of halogens is 1. The van der Waals surface area contributed by atoms with Crippen LogP contribution in [0, 0.1) is 24.6 Å². The maximum atomic E-state index is 14.7. The molecule has 5 rings (SSSR count). The van der Waals surface area contributed by atoms with Crippen molar-refractivity contribution in [3.05, 3.63) is 76.0 Å². The molecule has 5 aromatic rings. The Morgan fingerprint density at radius 1 is 1.04 bits per heavy atom. The molecule has 0 aliphatic heterocycles. The number of nitrogens with one attached hydrogen (secondary N) is 1. The molecule has 13 heteroatoms. The Morgan fingerprint density at radius 3 is 2.61 bits per heavy atom. The van der Waals surface area contributed by atoms with Gasteiger partial charge in [0, 0.05) is 17.0 Å². The van der Waals surface area contributed by atoms with Gasteiger partial charge in [-0.25, -0.2) is 19.2 Å². The van der Waals surface area contributed by atoms with Crippen molar-refractivity contribution in [2.75, 3.05) is 51.1 Å². The molecule has 49 heavy (non-hydrogen) atoms.